The summed E-state index contributed by atoms with van der Waals surface area (Å²) < 4.78 is 22.8. The summed E-state index contributed by atoms with van der Waals surface area (Å²) in [5, 5.41) is -0.499. The van der Waals surface area contributed by atoms with Crippen LogP contribution in [0.3, 0.4) is 0 Å². The van der Waals surface area contributed by atoms with E-state index in [0.29, 0.717) is 13.1 Å². The quantitative estimate of drug-likeness (QED) is 0.660. The minimum atomic E-state index is -3.27. The SMILES string of the molecule is CC(C)S(=O)(=O)CC(=O)N1CC(N)C1. The molecule has 1 saturated heterocycles. The number of nitrogens with two attached hydrogens (primary N) is 1. The van der Waals surface area contributed by atoms with Crippen molar-refractivity contribution in [2.24, 2.45) is 5.73 Å². The molecule has 0 aromatic rings. The van der Waals surface area contributed by atoms with E-state index in [1.807, 2.05) is 0 Å². The molecule has 0 radical (unpaired) electrons. The van der Waals surface area contributed by atoms with Crippen LogP contribution in [0.4, 0.5) is 0 Å². The molecule has 5 nitrogen and oxygen atoms in total. The molecule has 1 aliphatic rings. The summed E-state index contributed by atoms with van der Waals surface area (Å²) in [6, 6.07) is 0.0145. The zero-order valence-electron chi connectivity index (χ0n) is 8.43. The number of sulfone groups is 1. The van der Waals surface area contributed by atoms with Crippen LogP contribution >= 0.6 is 0 Å². The standard InChI is InChI=1S/C8H16N2O3S/c1-6(2)14(12,13)5-8(11)10-3-7(9)4-10/h6-7H,3-5,9H2,1-2H3. The first-order chi connectivity index (χ1) is 6.33. The highest BCUT2D eigenvalue weighted by Crippen LogP contribution is 2.09. The van der Waals surface area contributed by atoms with E-state index in [1.165, 1.54) is 4.90 Å². The summed E-state index contributed by atoms with van der Waals surface area (Å²) in [5.74, 6) is -0.724. The van der Waals surface area contributed by atoms with Gasteiger partial charge in [-0.1, -0.05) is 0 Å². The van der Waals surface area contributed by atoms with E-state index in [0.717, 1.165) is 0 Å². The number of carbonyl (C=O) groups is 1. The molecule has 0 aromatic carbocycles. The molecule has 0 unspecified atom stereocenters. The number of carbonyl (C=O) groups excluding carboxylic acids is 1. The van der Waals surface area contributed by atoms with Crippen molar-refractivity contribution in [3.63, 3.8) is 0 Å². The highest BCUT2D eigenvalue weighted by Gasteiger charge is 2.31. The van der Waals surface area contributed by atoms with E-state index < -0.39 is 20.8 Å². The molecule has 1 rings (SSSR count). The summed E-state index contributed by atoms with van der Waals surface area (Å²) in [5.41, 5.74) is 5.49. The lowest BCUT2D eigenvalue weighted by Gasteiger charge is -2.36. The van der Waals surface area contributed by atoms with Crippen molar-refractivity contribution in [1.29, 1.82) is 0 Å². The number of nitrogens with zero attached hydrogens (tertiary/aromatic N) is 1. The Hall–Kier alpha value is -0.620. The Morgan fingerprint density at radius 3 is 2.36 bits per heavy atom. The number of hydrogen-bond acceptors (Lipinski definition) is 4. The van der Waals surface area contributed by atoms with Crippen LogP contribution in [0.1, 0.15) is 13.8 Å². The lowest BCUT2D eigenvalue weighted by molar-refractivity contribution is -0.132. The third kappa shape index (κ3) is 2.45. The van der Waals surface area contributed by atoms with Gasteiger partial charge < -0.3 is 10.6 Å². The molecule has 1 fully saturated rings. The molecular formula is C8H16N2O3S. The maximum absolute atomic E-state index is 11.4. The molecular weight excluding hydrogens is 204 g/mol. The van der Waals surface area contributed by atoms with Gasteiger partial charge in [0.05, 0.1) is 5.25 Å². The number of likely N-dealkylation sites (tertiary alicyclic amines) is 1. The first kappa shape index (κ1) is 11.5. The van der Waals surface area contributed by atoms with Crippen LogP contribution < -0.4 is 5.73 Å². The Morgan fingerprint density at radius 1 is 1.50 bits per heavy atom. The smallest absolute Gasteiger partial charge is 0.237 e. The van der Waals surface area contributed by atoms with Gasteiger partial charge in [0, 0.05) is 19.1 Å². The topological polar surface area (TPSA) is 80.5 Å². The zero-order chi connectivity index (χ0) is 10.9. The predicted octanol–water partition coefficient (Wildman–Crippen LogP) is -1.02. The van der Waals surface area contributed by atoms with Crippen molar-refractivity contribution in [1.82, 2.24) is 4.90 Å². The van der Waals surface area contributed by atoms with Crippen LogP contribution in [0.5, 0.6) is 0 Å². The molecule has 1 amide bonds. The molecule has 0 aromatic heterocycles. The molecule has 0 saturated carbocycles. The summed E-state index contributed by atoms with van der Waals surface area (Å²) in [6.45, 7) is 4.10. The Bertz CT molecular complexity index is 317. The number of rotatable bonds is 3. The fourth-order valence-corrected chi connectivity index (χ4v) is 2.01. The molecule has 2 N–H and O–H groups in total. The maximum Gasteiger partial charge on any atom is 0.237 e. The fraction of sp³-hybridized carbons (Fsp3) is 0.875. The third-order valence-electron chi connectivity index (χ3n) is 2.31. The molecule has 0 aliphatic carbocycles. The van der Waals surface area contributed by atoms with Crippen molar-refractivity contribution in [2.45, 2.75) is 25.1 Å². The van der Waals surface area contributed by atoms with Crippen molar-refractivity contribution in [3.8, 4) is 0 Å². The molecule has 0 atom stereocenters. The van der Waals surface area contributed by atoms with Gasteiger partial charge in [0.2, 0.25) is 5.91 Å². The summed E-state index contributed by atoms with van der Waals surface area (Å²) in [6.07, 6.45) is 0. The van der Waals surface area contributed by atoms with Gasteiger partial charge in [-0.15, -0.1) is 0 Å². The molecule has 82 valence electrons. The molecule has 1 heterocycles. The molecule has 14 heavy (non-hydrogen) atoms. The molecule has 6 heteroatoms. The average Bonchev–Trinajstić information content (AvgIpc) is 1.97. The summed E-state index contributed by atoms with van der Waals surface area (Å²) in [7, 11) is -3.27. The zero-order valence-corrected chi connectivity index (χ0v) is 9.25. The van der Waals surface area contributed by atoms with Gasteiger partial charge >= 0.3 is 0 Å². The average molecular weight is 220 g/mol. The molecule has 0 spiro atoms. The van der Waals surface area contributed by atoms with E-state index in [4.69, 9.17) is 5.73 Å². The lowest BCUT2D eigenvalue weighted by atomic mass is 10.1. The highest BCUT2D eigenvalue weighted by molar-refractivity contribution is 7.92. The Morgan fingerprint density at radius 2 is 2.00 bits per heavy atom. The van der Waals surface area contributed by atoms with Crippen LogP contribution in [0.25, 0.3) is 0 Å². The van der Waals surface area contributed by atoms with E-state index in [9.17, 15) is 13.2 Å². The monoisotopic (exact) mass is 220 g/mol. The van der Waals surface area contributed by atoms with Gasteiger partial charge in [0.1, 0.15) is 5.75 Å². The lowest BCUT2D eigenvalue weighted by Crippen LogP contribution is -2.59. The first-order valence-electron chi connectivity index (χ1n) is 4.58. The third-order valence-corrected chi connectivity index (χ3v) is 4.39. The second kappa shape index (κ2) is 3.86. The van der Waals surface area contributed by atoms with E-state index in [2.05, 4.69) is 0 Å². The maximum atomic E-state index is 11.4. The number of amides is 1. The largest absolute Gasteiger partial charge is 0.339 e. The summed E-state index contributed by atoms with van der Waals surface area (Å²) >= 11 is 0. The minimum Gasteiger partial charge on any atom is -0.339 e. The number of hydrogen-bond donors (Lipinski definition) is 1. The van der Waals surface area contributed by atoms with Crippen molar-refractivity contribution in [3.05, 3.63) is 0 Å². The van der Waals surface area contributed by atoms with Crippen LogP contribution in [-0.4, -0.2) is 49.4 Å². The van der Waals surface area contributed by atoms with Gasteiger partial charge in [0.25, 0.3) is 0 Å². The predicted molar refractivity (Wildman–Crippen MR) is 53.5 cm³/mol. The van der Waals surface area contributed by atoms with Crippen molar-refractivity contribution >= 4 is 15.7 Å². The van der Waals surface area contributed by atoms with E-state index >= 15 is 0 Å². The first-order valence-corrected chi connectivity index (χ1v) is 6.29. The molecule has 0 bridgehead atoms. The van der Waals surface area contributed by atoms with Gasteiger partial charge in [-0.05, 0) is 13.8 Å². The van der Waals surface area contributed by atoms with Crippen molar-refractivity contribution < 1.29 is 13.2 Å². The van der Waals surface area contributed by atoms with Crippen molar-refractivity contribution in [2.75, 3.05) is 18.8 Å². The van der Waals surface area contributed by atoms with E-state index in [-0.39, 0.29) is 11.9 Å². The Kier molecular flexibility index (Phi) is 3.16. The summed E-state index contributed by atoms with van der Waals surface area (Å²) in [4.78, 5) is 12.9. The van der Waals surface area contributed by atoms with Crippen LogP contribution in [0, 0.1) is 0 Å². The second-order valence-electron chi connectivity index (χ2n) is 3.91. The second-order valence-corrected chi connectivity index (χ2v) is 6.47. The van der Waals surface area contributed by atoms with Gasteiger partial charge in [-0.3, -0.25) is 4.79 Å². The van der Waals surface area contributed by atoms with Crippen LogP contribution in [-0.2, 0) is 14.6 Å². The van der Waals surface area contributed by atoms with Gasteiger partial charge in [-0.2, -0.15) is 0 Å². The Labute approximate surface area is 84.2 Å². The fourth-order valence-electron chi connectivity index (χ4n) is 1.15. The minimum absolute atomic E-state index is 0.0145. The van der Waals surface area contributed by atoms with Gasteiger partial charge in [0.15, 0.2) is 9.84 Å². The highest BCUT2D eigenvalue weighted by atomic mass is 32.2. The Balaban J connectivity index is 2.49. The molecule has 1 aliphatic heterocycles. The normalized spacial score (nSPS) is 18.4. The van der Waals surface area contributed by atoms with Crippen LogP contribution in [0.2, 0.25) is 0 Å². The van der Waals surface area contributed by atoms with Crippen LogP contribution in [0.15, 0.2) is 0 Å². The van der Waals surface area contributed by atoms with E-state index in [1.54, 1.807) is 13.8 Å². The van der Waals surface area contributed by atoms with Gasteiger partial charge in [-0.25, -0.2) is 8.42 Å².